The van der Waals surface area contributed by atoms with Gasteiger partial charge in [-0.15, -0.1) is 0 Å². The van der Waals surface area contributed by atoms with Crippen LogP contribution in [-0.2, 0) is 5.75 Å². The molecule has 1 N–H and O–H groups in total. The van der Waals surface area contributed by atoms with E-state index in [1.807, 2.05) is 12.1 Å². The Morgan fingerprint density at radius 3 is 2.62 bits per heavy atom. The van der Waals surface area contributed by atoms with Gasteiger partial charge in [0.2, 0.25) is 0 Å². The molecule has 2 aromatic rings. The molecule has 0 aliphatic rings. The summed E-state index contributed by atoms with van der Waals surface area (Å²) in [4.78, 5) is 11.8. The number of aryl methyl sites for hydroxylation is 1. The lowest BCUT2D eigenvalue weighted by molar-refractivity contribution is 0.0952. The van der Waals surface area contributed by atoms with Crippen molar-refractivity contribution in [3.63, 3.8) is 0 Å². The molecule has 110 valence electrons. The monoisotopic (exact) mass is 303 g/mol. The van der Waals surface area contributed by atoms with Crippen LogP contribution in [0.15, 0.2) is 48.5 Å². The number of thioether (sulfide) groups is 1. The molecular weight excluding hydrogens is 285 g/mol. The molecule has 0 unspecified atom stereocenters. The first-order valence-corrected chi connectivity index (χ1v) is 7.99. The first-order valence-electron chi connectivity index (χ1n) is 6.83. The van der Waals surface area contributed by atoms with E-state index >= 15 is 0 Å². The summed E-state index contributed by atoms with van der Waals surface area (Å²) in [6, 6.07) is 14.3. The predicted molar refractivity (Wildman–Crippen MR) is 86.1 cm³/mol. The number of hydrogen-bond acceptors (Lipinski definition) is 2. The molecule has 0 saturated carbocycles. The Morgan fingerprint density at radius 1 is 1.14 bits per heavy atom. The molecule has 2 nitrogen and oxygen atoms in total. The van der Waals surface area contributed by atoms with E-state index in [9.17, 15) is 9.18 Å². The Labute approximate surface area is 128 Å². The van der Waals surface area contributed by atoms with E-state index < -0.39 is 5.82 Å². The normalized spacial score (nSPS) is 10.4. The van der Waals surface area contributed by atoms with Gasteiger partial charge in [-0.05, 0) is 30.2 Å². The van der Waals surface area contributed by atoms with Crippen molar-refractivity contribution in [2.45, 2.75) is 12.7 Å². The third-order valence-electron chi connectivity index (χ3n) is 3.17. The van der Waals surface area contributed by atoms with Crippen LogP contribution in [0.25, 0.3) is 0 Å². The van der Waals surface area contributed by atoms with Gasteiger partial charge in [-0.3, -0.25) is 4.79 Å². The molecule has 0 aromatic heterocycles. The fourth-order valence-corrected chi connectivity index (χ4v) is 2.87. The summed E-state index contributed by atoms with van der Waals surface area (Å²) < 4.78 is 13.4. The molecule has 0 aliphatic carbocycles. The van der Waals surface area contributed by atoms with Gasteiger partial charge in [-0.25, -0.2) is 4.39 Å². The van der Waals surface area contributed by atoms with Crippen molar-refractivity contribution in [3.8, 4) is 0 Å². The van der Waals surface area contributed by atoms with Crippen molar-refractivity contribution in [3.05, 3.63) is 71.0 Å². The zero-order valence-electron chi connectivity index (χ0n) is 11.9. The topological polar surface area (TPSA) is 29.1 Å². The van der Waals surface area contributed by atoms with Crippen LogP contribution in [0.4, 0.5) is 4.39 Å². The molecule has 2 rings (SSSR count). The minimum absolute atomic E-state index is 0.0985. The van der Waals surface area contributed by atoms with Gasteiger partial charge in [-0.1, -0.05) is 36.4 Å². The first kappa shape index (κ1) is 15.6. The lowest BCUT2D eigenvalue weighted by Crippen LogP contribution is -2.26. The smallest absolute Gasteiger partial charge is 0.254 e. The highest BCUT2D eigenvalue weighted by molar-refractivity contribution is 7.98. The lowest BCUT2D eigenvalue weighted by Gasteiger charge is -2.07. The standard InChI is InChI=1S/C17H18FNOS/c1-13-6-2-3-7-14(13)12-21-11-10-19-17(20)15-8-4-5-9-16(15)18/h2-9H,10-12H2,1H3,(H,19,20). The summed E-state index contributed by atoms with van der Waals surface area (Å²) in [5.74, 6) is 0.878. The number of benzene rings is 2. The molecule has 0 fully saturated rings. The molecule has 0 saturated heterocycles. The highest BCUT2D eigenvalue weighted by Crippen LogP contribution is 2.15. The maximum Gasteiger partial charge on any atom is 0.254 e. The van der Waals surface area contributed by atoms with E-state index in [0.717, 1.165) is 11.5 Å². The van der Waals surface area contributed by atoms with E-state index in [2.05, 4.69) is 24.4 Å². The summed E-state index contributed by atoms with van der Waals surface area (Å²) in [7, 11) is 0. The molecule has 1 amide bonds. The van der Waals surface area contributed by atoms with Gasteiger partial charge in [-0.2, -0.15) is 11.8 Å². The summed E-state index contributed by atoms with van der Waals surface area (Å²) in [6.45, 7) is 2.62. The van der Waals surface area contributed by atoms with Gasteiger partial charge >= 0.3 is 0 Å². The van der Waals surface area contributed by atoms with Crippen molar-refractivity contribution in [1.29, 1.82) is 0 Å². The van der Waals surface area contributed by atoms with E-state index in [4.69, 9.17) is 0 Å². The number of carbonyl (C=O) groups is 1. The average molecular weight is 303 g/mol. The highest BCUT2D eigenvalue weighted by atomic mass is 32.2. The second-order valence-corrected chi connectivity index (χ2v) is 5.82. The van der Waals surface area contributed by atoms with Crippen molar-refractivity contribution >= 4 is 17.7 Å². The van der Waals surface area contributed by atoms with Crippen molar-refractivity contribution in [1.82, 2.24) is 5.32 Å². The van der Waals surface area contributed by atoms with Crippen LogP contribution in [0.2, 0.25) is 0 Å². The number of halogens is 1. The van der Waals surface area contributed by atoms with E-state index in [-0.39, 0.29) is 11.5 Å². The Hall–Kier alpha value is -1.81. The summed E-state index contributed by atoms with van der Waals surface area (Å²) in [5, 5.41) is 2.74. The van der Waals surface area contributed by atoms with E-state index in [0.29, 0.717) is 6.54 Å². The SMILES string of the molecule is Cc1ccccc1CSCCNC(=O)c1ccccc1F. The zero-order valence-corrected chi connectivity index (χ0v) is 12.8. The van der Waals surface area contributed by atoms with Crippen LogP contribution >= 0.6 is 11.8 Å². The number of hydrogen-bond donors (Lipinski definition) is 1. The maximum absolute atomic E-state index is 13.4. The summed E-state index contributed by atoms with van der Waals surface area (Å²) >= 11 is 1.75. The van der Waals surface area contributed by atoms with E-state index in [1.165, 1.54) is 23.3 Å². The zero-order chi connectivity index (χ0) is 15.1. The predicted octanol–water partition coefficient (Wildman–Crippen LogP) is 3.80. The van der Waals surface area contributed by atoms with Crippen molar-refractivity contribution < 1.29 is 9.18 Å². The van der Waals surface area contributed by atoms with Crippen molar-refractivity contribution in [2.24, 2.45) is 0 Å². The van der Waals surface area contributed by atoms with Gasteiger partial charge in [0.25, 0.3) is 5.91 Å². The van der Waals surface area contributed by atoms with Gasteiger partial charge in [0, 0.05) is 18.1 Å². The van der Waals surface area contributed by atoms with Gasteiger partial charge in [0.05, 0.1) is 5.56 Å². The largest absolute Gasteiger partial charge is 0.351 e. The molecule has 0 aliphatic heterocycles. The Kier molecular flexibility index (Phi) is 5.81. The summed E-state index contributed by atoms with van der Waals surface area (Å²) in [5.41, 5.74) is 2.68. The van der Waals surface area contributed by atoms with Gasteiger partial charge < -0.3 is 5.32 Å². The van der Waals surface area contributed by atoms with Gasteiger partial charge in [0.1, 0.15) is 5.82 Å². The minimum atomic E-state index is -0.484. The number of amides is 1. The van der Waals surface area contributed by atoms with Crippen LogP contribution in [0.1, 0.15) is 21.5 Å². The third-order valence-corrected chi connectivity index (χ3v) is 4.18. The average Bonchev–Trinajstić information content (AvgIpc) is 2.49. The Balaban J connectivity index is 1.72. The van der Waals surface area contributed by atoms with E-state index in [1.54, 1.807) is 23.9 Å². The quantitative estimate of drug-likeness (QED) is 0.823. The molecular formula is C17H18FNOS. The van der Waals surface area contributed by atoms with Crippen LogP contribution in [0.3, 0.4) is 0 Å². The fourth-order valence-electron chi connectivity index (χ4n) is 1.93. The molecule has 4 heteroatoms. The number of carbonyl (C=O) groups excluding carboxylic acids is 1. The second kappa shape index (κ2) is 7.84. The fraction of sp³-hybridized carbons (Fsp3) is 0.235. The molecule has 0 bridgehead atoms. The minimum Gasteiger partial charge on any atom is -0.351 e. The molecule has 2 aromatic carbocycles. The van der Waals surface area contributed by atoms with Crippen LogP contribution < -0.4 is 5.32 Å². The molecule has 0 spiro atoms. The first-order chi connectivity index (χ1) is 10.2. The number of nitrogens with one attached hydrogen (secondary N) is 1. The summed E-state index contributed by atoms with van der Waals surface area (Å²) in [6.07, 6.45) is 0. The Bertz CT molecular complexity index is 615. The molecule has 0 heterocycles. The maximum atomic E-state index is 13.4. The second-order valence-electron chi connectivity index (χ2n) is 4.71. The Morgan fingerprint density at radius 2 is 1.86 bits per heavy atom. The highest BCUT2D eigenvalue weighted by Gasteiger charge is 2.09. The molecule has 21 heavy (non-hydrogen) atoms. The van der Waals surface area contributed by atoms with Crippen LogP contribution in [0, 0.1) is 12.7 Å². The number of rotatable bonds is 6. The lowest BCUT2D eigenvalue weighted by atomic mass is 10.1. The molecule has 0 radical (unpaired) electrons. The van der Waals surface area contributed by atoms with Crippen molar-refractivity contribution in [2.75, 3.05) is 12.3 Å². The molecule has 0 atom stereocenters. The van der Waals surface area contributed by atoms with Gasteiger partial charge in [0.15, 0.2) is 0 Å². The van der Waals surface area contributed by atoms with Crippen LogP contribution in [-0.4, -0.2) is 18.2 Å². The third kappa shape index (κ3) is 4.60. The van der Waals surface area contributed by atoms with Crippen LogP contribution in [0.5, 0.6) is 0 Å².